The maximum Gasteiger partial charge on any atom is 0.293 e. The topological polar surface area (TPSA) is 172 Å². The maximum absolute atomic E-state index is 13.9. The van der Waals surface area contributed by atoms with Crippen LogP contribution < -0.4 is 19.7 Å². The van der Waals surface area contributed by atoms with Crippen LogP contribution in [0.1, 0.15) is 47.5 Å². The minimum Gasteiger partial charge on any atom is -0.455 e. The van der Waals surface area contributed by atoms with Gasteiger partial charge in [0.1, 0.15) is 22.8 Å². The predicted molar refractivity (Wildman–Crippen MR) is 227 cm³/mol. The third-order valence-electron chi connectivity index (χ3n) is 11.5. The minimum absolute atomic E-state index is 0.0343. The summed E-state index contributed by atoms with van der Waals surface area (Å²) in [7, 11) is -4.55. The Morgan fingerprint density at radius 2 is 1.80 bits per heavy atom. The van der Waals surface area contributed by atoms with E-state index in [0.29, 0.717) is 43.0 Å². The average Bonchev–Trinajstić information content (AvgIpc) is 3.72. The Morgan fingerprint density at radius 3 is 2.58 bits per heavy atom. The van der Waals surface area contributed by atoms with Gasteiger partial charge in [0.05, 0.1) is 21.6 Å². The van der Waals surface area contributed by atoms with Crippen molar-refractivity contribution in [3.8, 4) is 11.5 Å². The standard InChI is InChI=1S/C43H46ClN7O7S/c44-33-7-5-30(6-8-33)37-4-2-1-3-32(37)28-49-17-19-50(20-18-49)34-9-11-38(41(24-34)58-35-23-31-13-16-45-42(31)47-27-35)43(52)48-59(55,56)36-10-12-39(40(25-36)51(53)54)46-26-29-14-21-57-22-15-29/h2,4-13,16,23-25,27,29,32,37,46H,1,3,14-15,17-22,26,28H2,(H,45,47)(H,48,52). The van der Waals surface area contributed by atoms with Crippen LogP contribution in [0, 0.1) is 22.0 Å². The fourth-order valence-electron chi connectivity index (χ4n) is 8.19. The third-order valence-corrected chi connectivity index (χ3v) is 13.1. The number of carbonyl (C=O) groups excluding carboxylic acids is 1. The van der Waals surface area contributed by atoms with E-state index in [1.807, 2.05) is 18.2 Å². The smallest absolute Gasteiger partial charge is 0.293 e. The molecule has 2 saturated heterocycles. The fraction of sp³-hybridized carbons (Fsp3) is 0.349. The Kier molecular flexibility index (Phi) is 12.2. The lowest BCUT2D eigenvalue weighted by molar-refractivity contribution is -0.384. The normalized spacial score (nSPS) is 19.1. The molecule has 4 heterocycles. The largest absolute Gasteiger partial charge is 0.455 e. The van der Waals surface area contributed by atoms with E-state index >= 15 is 0 Å². The maximum atomic E-state index is 13.9. The summed E-state index contributed by atoms with van der Waals surface area (Å²) in [4.78, 5) is 37.0. The molecule has 2 atom stereocenters. The number of carbonyl (C=O) groups is 1. The first kappa shape index (κ1) is 40.3. The molecule has 3 aromatic carbocycles. The van der Waals surface area contributed by atoms with E-state index < -0.39 is 31.4 Å². The number of hydrogen-bond acceptors (Lipinski definition) is 11. The van der Waals surface area contributed by atoms with Gasteiger partial charge in [-0.05, 0) is 91.6 Å². The van der Waals surface area contributed by atoms with Crippen LogP contribution >= 0.6 is 11.6 Å². The summed E-state index contributed by atoms with van der Waals surface area (Å²) in [6.07, 6.45) is 11.7. The molecule has 1 amide bonds. The zero-order valence-electron chi connectivity index (χ0n) is 32.4. The molecule has 3 aliphatic rings. The van der Waals surface area contributed by atoms with Crippen molar-refractivity contribution in [1.29, 1.82) is 0 Å². The molecule has 2 unspecified atom stereocenters. The van der Waals surface area contributed by atoms with E-state index in [2.05, 4.69) is 54.1 Å². The molecule has 0 saturated carbocycles. The molecule has 0 spiro atoms. The first-order chi connectivity index (χ1) is 28.6. The lowest BCUT2D eigenvalue weighted by Gasteiger charge is -2.39. The van der Waals surface area contributed by atoms with Crippen LogP contribution in [0.3, 0.4) is 0 Å². The highest BCUT2D eigenvalue weighted by atomic mass is 35.5. The number of pyridine rings is 1. The number of nitro groups is 1. The summed E-state index contributed by atoms with van der Waals surface area (Å²) in [6, 6.07) is 20.4. The van der Waals surface area contributed by atoms with Gasteiger partial charge in [-0.25, -0.2) is 18.1 Å². The molecule has 8 rings (SSSR count). The molecule has 5 aromatic rings. The van der Waals surface area contributed by atoms with E-state index in [0.717, 1.165) is 80.6 Å². The highest BCUT2D eigenvalue weighted by Gasteiger charge is 2.29. The number of sulfonamides is 1. The molecule has 16 heteroatoms. The quantitative estimate of drug-likeness (QED) is 0.0602. The van der Waals surface area contributed by atoms with Crippen molar-refractivity contribution in [3.63, 3.8) is 0 Å². The van der Waals surface area contributed by atoms with Gasteiger partial charge in [0.25, 0.3) is 21.6 Å². The molecule has 3 N–H and O–H groups in total. The molecule has 59 heavy (non-hydrogen) atoms. The molecule has 2 aromatic heterocycles. The molecule has 14 nitrogen and oxygen atoms in total. The molecule has 1 aliphatic carbocycles. The number of fused-ring (bicyclic) bond motifs is 1. The number of H-pyrrole nitrogens is 1. The van der Waals surface area contributed by atoms with Gasteiger partial charge >= 0.3 is 0 Å². The Labute approximate surface area is 347 Å². The van der Waals surface area contributed by atoms with Gasteiger partial charge in [0.2, 0.25) is 0 Å². The fourth-order valence-corrected chi connectivity index (χ4v) is 9.30. The van der Waals surface area contributed by atoms with Crippen molar-refractivity contribution >= 4 is 55.6 Å². The molecule has 308 valence electrons. The minimum atomic E-state index is -4.55. The Morgan fingerprint density at radius 1 is 1.00 bits per heavy atom. The number of piperazine rings is 1. The van der Waals surface area contributed by atoms with Gasteiger partial charge in [0.15, 0.2) is 0 Å². The van der Waals surface area contributed by atoms with Crippen molar-refractivity contribution in [2.45, 2.75) is 36.5 Å². The molecule has 0 bridgehead atoms. The molecular weight excluding hydrogens is 794 g/mol. The molecule has 2 aliphatic heterocycles. The second kappa shape index (κ2) is 17.8. The Balaban J connectivity index is 0.987. The van der Waals surface area contributed by atoms with Gasteiger partial charge in [-0.15, -0.1) is 0 Å². The number of amides is 1. The molecule has 0 radical (unpaired) electrons. The monoisotopic (exact) mass is 839 g/mol. The van der Waals surface area contributed by atoms with Crippen LogP contribution in [0.5, 0.6) is 11.5 Å². The van der Waals surface area contributed by atoms with Crippen LogP contribution in [0.4, 0.5) is 17.1 Å². The number of nitrogens with zero attached hydrogens (tertiary/aromatic N) is 4. The van der Waals surface area contributed by atoms with Crippen molar-refractivity contribution in [1.82, 2.24) is 19.6 Å². The first-order valence-corrected chi connectivity index (χ1v) is 21.8. The summed E-state index contributed by atoms with van der Waals surface area (Å²) < 4.78 is 41.1. The third kappa shape index (κ3) is 9.54. The second-order valence-electron chi connectivity index (χ2n) is 15.3. The lowest BCUT2D eigenvalue weighted by atomic mass is 9.79. The predicted octanol–water partition coefficient (Wildman–Crippen LogP) is 7.75. The lowest BCUT2D eigenvalue weighted by Crippen LogP contribution is -2.48. The summed E-state index contributed by atoms with van der Waals surface area (Å²) in [5.41, 5.74) is 2.50. The van der Waals surface area contributed by atoms with Crippen molar-refractivity contribution < 1.29 is 27.6 Å². The van der Waals surface area contributed by atoms with Gasteiger partial charge in [-0.1, -0.05) is 35.9 Å². The van der Waals surface area contributed by atoms with Gasteiger partial charge in [-0.2, -0.15) is 0 Å². The number of anilines is 2. The summed E-state index contributed by atoms with van der Waals surface area (Å²) in [6.45, 7) is 5.87. The van der Waals surface area contributed by atoms with Gasteiger partial charge in [-0.3, -0.25) is 19.8 Å². The SMILES string of the molecule is O=C(NS(=O)(=O)c1ccc(NCC2CCOCC2)c([N+](=O)[O-])c1)c1ccc(N2CCN(CC3CCC=CC3c3ccc(Cl)cc3)CC2)cc1Oc1cnc2[nH]ccc2c1. The number of benzene rings is 3. The summed E-state index contributed by atoms with van der Waals surface area (Å²) >= 11 is 6.18. The van der Waals surface area contributed by atoms with Crippen molar-refractivity contribution in [3.05, 3.63) is 124 Å². The van der Waals surface area contributed by atoms with E-state index in [1.165, 1.54) is 23.9 Å². The number of nitrogens with one attached hydrogen (secondary N) is 3. The number of rotatable bonds is 13. The number of ether oxygens (including phenoxy) is 2. The van der Waals surface area contributed by atoms with Gasteiger partial charge < -0.3 is 24.7 Å². The number of allylic oxidation sites excluding steroid dienone is 2. The molecular formula is C43H46ClN7O7S. The van der Waals surface area contributed by atoms with E-state index in [1.54, 1.807) is 30.5 Å². The number of nitro benzene ring substituents is 1. The summed E-state index contributed by atoms with van der Waals surface area (Å²) in [5, 5.41) is 16.7. The van der Waals surface area contributed by atoms with Crippen molar-refractivity contribution in [2.24, 2.45) is 11.8 Å². The van der Waals surface area contributed by atoms with Crippen LogP contribution in [0.2, 0.25) is 5.02 Å². The zero-order chi connectivity index (χ0) is 40.9. The number of aromatic amines is 1. The Hall–Kier alpha value is -5.48. The highest BCUT2D eigenvalue weighted by Crippen LogP contribution is 2.36. The van der Waals surface area contributed by atoms with Crippen LogP contribution in [-0.2, 0) is 14.8 Å². The van der Waals surface area contributed by atoms with E-state index in [4.69, 9.17) is 21.1 Å². The molecule has 2 fully saturated rings. The Bertz CT molecular complexity index is 2450. The number of halogens is 1. The zero-order valence-corrected chi connectivity index (χ0v) is 34.0. The van der Waals surface area contributed by atoms with Crippen molar-refractivity contribution in [2.75, 3.05) is 62.7 Å². The van der Waals surface area contributed by atoms with E-state index in [-0.39, 0.29) is 22.9 Å². The first-order valence-electron chi connectivity index (χ1n) is 19.9. The van der Waals surface area contributed by atoms with Crippen LogP contribution in [-0.4, -0.2) is 86.6 Å². The van der Waals surface area contributed by atoms with Gasteiger partial charge in [0, 0.05) is 92.8 Å². The number of hydrogen-bond donors (Lipinski definition) is 3. The number of aromatic nitrogens is 2. The van der Waals surface area contributed by atoms with E-state index in [9.17, 15) is 23.3 Å². The second-order valence-corrected chi connectivity index (χ2v) is 17.4. The van der Waals surface area contributed by atoms with Crippen LogP contribution in [0.15, 0.2) is 102 Å². The average molecular weight is 840 g/mol. The summed E-state index contributed by atoms with van der Waals surface area (Å²) in [5.74, 6) is 0.626. The highest BCUT2D eigenvalue weighted by molar-refractivity contribution is 7.90. The van der Waals surface area contributed by atoms with Crippen LogP contribution in [0.25, 0.3) is 11.0 Å².